The molecular formula is C25H23N3O3S2. The average Bonchev–Trinajstić information content (AvgIpc) is 3.23. The third kappa shape index (κ3) is 5.47. The van der Waals surface area contributed by atoms with E-state index in [2.05, 4.69) is 10.6 Å². The lowest BCUT2D eigenvalue weighted by atomic mass is 10.2. The molecule has 8 heteroatoms. The second-order valence-corrected chi connectivity index (χ2v) is 8.94. The van der Waals surface area contributed by atoms with Crippen LogP contribution in [0.15, 0.2) is 66.7 Å². The summed E-state index contributed by atoms with van der Waals surface area (Å²) in [5.74, 6) is 0.897. The van der Waals surface area contributed by atoms with Crippen LogP contribution in [0.3, 0.4) is 0 Å². The molecule has 1 aromatic heterocycles. The number of amides is 1. The Labute approximate surface area is 201 Å². The Kier molecular flexibility index (Phi) is 6.86. The first-order valence-corrected chi connectivity index (χ1v) is 11.6. The van der Waals surface area contributed by atoms with Crippen LogP contribution in [0.2, 0.25) is 0 Å². The maximum atomic E-state index is 12.7. The van der Waals surface area contributed by atoms with Gasteiger partial charge in [-0.3, -0.25) is 10.1 Å². The lowest BCUT2D eigenvalue weighted by Gasteiger charge is -2.14. The first kappa shape index (κ1) is 22.7. The summed E-state index contributed by atoms with van der Waals surface area (Å²) in [7, 11) is 1.58. The zero-order valence-corrected chi connectivity index (χ0v) is 20.0. The van der Waals surface area contributed by atoms with E-state index in [0.29, 0.717) is 22.7 Å². The second kappa shape index (κ2) is 9.97. The van der Waals surface area contributed by atoms with Crippen LogP contribution in [0.25, 0.3) is 20.8 Å². The van der Waals surface area contributed by atoms with Crippen molar-refractivity contribution in [2.45, 2.75) is 20.0 Å². The number of nitrogens with one attached hydrogen (secondary N) is 2. The Hall–Kier alpha value is -3.49. The van der Waals surface area contributed by atoms with Crippen LogP contribution < -0.4 is 20.1 Å². The number of thiazole rings is 1. The third-order valence-electron chi connectivity index (χ3n) is 4.68. The molecule has 0 aliphatic heterocycles. The van der Waals surface area contributed by atoms with Crippen LogP contribution >= 0.6 is 23.6 Å². The van der Waals surface area contributed by atoms with Crippen molar-refractivity contribution >= 4 is 50.5 Å². The highest BCUT2D eigenvalue weighted by Gasteiger charge is 2.14. The molecule has 168 valence electrons. The van der Waals surface area contributed by atoms with Crippen LogP contribution in [0.1, 0.15) is 24.2 Å². The van der Waals surface area contributed by atoms with Crippen LogP contribution in [0.4, 0.5) is 5.69 Å². The Morgan fingerprint density at radius 2 is 1.88 bits per heavy atom. The summed E-state index contributed by atoms with van der Waals surface area (Å²) in [5.41, 5.74) is 2.96. The number of para-hydroxylation sites is 1. The zero-order chi connectivity index (χ0) is 23.4. The Morgan fingerprint density at radius 3 is 2.64 bits per heavy atom. The summed E-state index contributed by atoms with van der Waals surface area (Å²) in [4.78, 5) is 17.4. The van der Waals surface area contributed by atoms with E-state index in [9.17, 15) is 4.79 Å². The molecule has 33 heavy (non-hydrogen) atoms. The molecule has 0 atom stereocenters. The molecule has 0 saturated carbocycles. The van der Waals surface area contributed by atoms with Gasteiger partial charge in [-0.05, 0) is 74.6 Å². The SMILES string of the molecule is COc1ccc(-c2nc3ccccc3s2)cc1NC(=S)NC(=O)c1cccc(OC(C)C)c1. The Bertz CT molecular complexity index is 1280. The van der Waals surface area contributed by atoms with Crippen LogP contribution in [-0.2, 0) is 0 Å². The summed E-state index contributed by atoms with van der Waals surface area (Å²) >= 11 is 7.00. The summed E-state index contributed by atoms with van der Waals surface area (Å²) in [6.07, 6.45) is 0.0150. The summed E-state index contributed by atoms with van der Waals surface area (Å²) in [5, 5.41) is 6.84. The van der Waals surface area contributed by atoms with Gasteiger partial charge in [-0.25, -0.2) is 4.98 Å². The number of nitrogens with zero attached hydrogens (tertiary/aromatic N) is 1. The molecule has 4 aromatic rings. The second-order valence-electron chi connectivity index (χ2n) is 7.50. The molecule has 0 spiro atoms. The lowest BCUT2D eigenvalue weighted by molar-refractivity contribution is 0.0977. The van der Waals surface area contributed by atoms with Crippen molar-refractivity contribution in [3.8, 4) is 22.1 Å². The number of anilines is 1. The topological polar surface area (TPSA) is 72.5 Å². The molecule has 6 nitrogen and oxygen atoms in total. The highest BCUT2D eigenvalue weighted by Crippen LogP contribution is 2.34. The van der Waals surface area contributed by atoms with Crippen molar-refractivity contribution in [3.05, 3.63) is 72.3 Å². The van der Waals surface area contributed by atoms with Gasteiger partial charge in [0.05, 0.1) is 29.1 Å². The first-order valence-electron chi connectivity index (χ1n) is 10.4. The molecule has 1 heterocycles. The summed E-state index contributed by atoms with van der Waals surface area (Å²) in [6, 6.07) is 20.7. The number of carbonyl (C=O) groups is 1. The van der Waals surface area contributed by atoms with Gasteiger partial charge in [-0.2, -0.15) is 0 Å². The number of rotatable bonds is 6. The van der Waals surface area contributed by atoms with E-state index in [4.69, 9.17) is 26.7 Å². The van der Waals surface area contributed by atoms with Crippen molar-refractivity contribution in [1.82, 2.24) is 10.3 Å². The third-order valence-corrected chi connectivity index (χ3v) is 5.97. The molecule has 0 fully saturated rings. The van der Waals surface area contributed by atoms with Crippen LogP contribution in [-0.4, -0.2) is 29.2 Å². The number of thiocarbonyl (C=S) groups is 1. The Balaban J connectivity index is 1.51. The van der Waals surface area contributed by atoms with E-state index in [-0.39, 0.29) is 17.1 Å². The van der Waals surface area contributed by atoms with Gasteiger partial charge in [0, 0.05) is 11.1 Å². The predicted molar refractivity (Wildman–Crippen MR) is 138 cm³/mol. The van der Waals surface area contributed by atoms with Gasteiger partial charge in [-0.1, -0.05) is 18.2 Å². The molecule has 4 rings (SSSR count). The molecule has 0 saturated heterocycles. The highest BCUT2D eigenvalue weighted by molar-refractivity contribution is 7.80. The maximum Gasteiger partial charge on any atom is 0.257 e. The summed E-state index contributed by atoms with van der Waals surface area (Å²) < 4.78 is 12.2. The Morgan fingerprint density at radius 1 is 1.06 bits per heavy atom. The van der Waals surface area contributed by atoms with Gasteiger partial charge in [0.1, 0.15) is 16.5 Å². The number of fused-ring (bicyclic) bond motifs is 1. The molecule has 0 unspecified atom stereocenters. The number of methoxy groups -OCH3 is 1. The average molecular weight is 478 g/mol. The molecule has 0 aliphatic rings. The minimum Gasteiger partial charge on any atom is -0.495 e. The van der Waals surface area contributed by atoms with Gasteiger partial charge in [0.2, 0.25) is 0 Å². The standard InChI is InChI=1S/C25H23N3O3S2/c1-15(2)31-18-8-6-7-16(13-18)23(29)28-25(32)27-20-14-17(11-12-21(20)30-3)24-26-19-9-4-5-10-22(19)33-24/h4-15H,1-3H3,(H2,27,28,29,32). The monoisotopic (exact) mass is 477 g/mol. The molecule has 0 aliphatic carbocycles. The minimum atomic E-state index is -0.331. The van der Waals surface area contributed by atoms with E-state index < -0.39 is 0 Å². The van der Waals surface area contributed by atoms with Gasteiger partial charge in [0.15, 0.2) is 5.11 Å². The van der Waals surface area contributed by atoms with Crippen molar-refractivity contribution in [2.75, 3.05) is 12.4 Å². The molecular weight excluding hydrogens is 454 g/mol. The molecule has 0 bridgehead atoms. The molecule has 0 radical (unpaired) electrons. The zero-order valence-electron chi connectivity index (χ0n) is 18.4. The van der Waals surface area contributed by atoms with Crippen LogP contribution in [0, 0.1) is 0 Å². The molecule has 1 amide bonds. The molecule has 3 aromatic carbocycles. The van der Waals surface area contributed by atoms with E-state index in [1.807, 2.05) is 62.4 Å². The van der Waals surface area contributed by atoms with Gasteiger partial charge < -0.3 is 14.8 Å². The van der Waals surface area contributed by atoms with E-state index in [1.165, 1.54) is 0 Å². The number of aromatic nitrogens is 1. The normalized spacial score (nSPS) is 10.8. The maximum absolute atomic E-state index is 12.7. The van der Waals surface area contributed by atoms with Crippen molar-refractivity contribution < 1.29 is 14.3 Å². The fraction of sp³-hybridized carbons (Fsp3) is 0.160. The first-order chi connectivity index (χ1) is 15.9. The fourth-order valence-electron chi connectivity index (χ4n) is 3.25. The number of ether oxygens (including phenoxy) is 2. The quantitative estimate of drug-likeness (QED) is 0.338. The number of hydrogen-bond acceptors (Lipinski definition) is 6. The van der Waals surface area contributed by atoms with Gasteiger partial charge in [0.25, 0.3) is 5.91 Å². The van der Waals surface area contributed by atoms with E-state index in [0.717, 1.165) is 20.8 Å². The van der Waals surface area contributed by atoms with E-state index in [1.54, 1.807) is 36.6 Å². The number of carbonyl (C=O) groups excluding carboxylic acids is 1. The molecule has 2 N–H and O–H groups in total. The minimum absolute atomic E-state index is 0.0150. The van der Waals surface area contributed by atoms with Crippen molar-refractivity contribution in [1.29, 1.82) is 0 Å². The largest absolute Gasteiger partial charge is 0.495 e. The fourth-order valence-corrected chi connectivity index (χ4v) is 4.41. The lowest BCUT2D eigenvalue weighted by Crippen LogP contribution is -2.34. The number of hydrogen-bond donors (Lipinski definition) is 2. The van der Waals surface area contributed by atoms with Gasteiger partial charge >= 0.3 is 0 Å². The van der Waals surface area contributed by atoms with E-state index >= 15 is 0 Å². The van der Waals surface area contributed by atoms with Gasteiger partial charge in [-0.15, -0.1) is 11.3 Å². The smallest absolute Gasteiger partial charge is 0.257 e. The van der Waals surface area contributed by atoms with Crippen LogP contribution in [0.5, 0.6) is 11.5 Å². The van der Waals surface area contributed by atoms with Crippen molar-refractivity contribution in [2.24, 2.45) is 0 Å². The van der Waals surface area contributed by atoms with Crippen molar-refractivity contribution in [3.63, 3.8) is 0 Å². The number of benzene rings is 3. The summed E-state index contributed by atoms with van der Waals surface area (Å²) in [6.45, 7) is 3.86. The highest BCUT2D eigenvalue weighted by atomic mass is 32.1. The predicted octanol–water partition coefficient (Wildman–Crippen LogP) is 5.89.